The third-order valence-electron chi connectivity index (χ3n) is 2.91. The fraction of sp³-hybridized carbons (Fsp3) is 0.214. The molecule has 0 saturated heterocycles. The molecular weight excluding hydrogens is 315 g/mol. The smallest absolute Gasteiger partial charge is 0.335 e. The quantitative estimate of drug-likeness (QED) is 0.915. The van der Waals surface area contributed by atoms with Crippen molar-refractivity contribution in [1.82, 2.24) is 0 Å². The van der Waals surface area contributed by atoms with Crippen LogP contribution in [0.5, 0.6) is 0 Å². The third-order valence-corrected chi connectivity index (χ3v) is 6.00. The lowest BCUT2D eigenvalue weighted by Crippen LogP contribution is -2.08. The number of rotatable bonds is 5. The molecule has 0 aliphatic heterocycles. The van der Waals surface area contributed by atoms with Crippen LogP contribution < -0.4 is 0 Å². The van der Waals surface area contributed by atoms with Crippen LogP contribution in [0.1, 0.15) is 27.0 Å². The van der Waals surface area contributed by atoms with Gasteiger partial charge >= 0.3 is 5.97 Å². The fourth-order valence-electron chi connectivity index (χ4n) is 1.83. The van der Waals surface area contributed by atoms with Crippen LogP contribution in [0.25, 0.3) is 0 Å². The summed E-state index contributed by atoms with van der Waals surface area (Å²) in [6, 6.07) is 6.29. The van der Waals surface area contributed by atoms with Crippen molar-refractivity contribution in [2.45, 2.75) is 24.0 Å². The number of thiophene rings is 1. The van der Waals surface area contributed by atoms with Crippen molar-refractivity contribution in [1.29, 1.82) is 0 Å². The second-order valence-electron chi connectivity index (χ2n) is 4.43. The Morgan fingerprint density at radius 1 is 1.24 bits per heavy atom. The number of halogens is 1. The molecule has 0 saturated carbocycles. The maximum atomic E-state index is 13.7. The molecule has 0 fully saturated rings. The van der Waals surface area contributed by atoms with E-state index in [1.807, 2.05) is 13.0 Å². The Bertz CT molecular complexity index is 778. The summed E-state index contributed by atoms with van der Waals surface area (Å²) in [6.07, 6.45) is 0.799. The summed E-state index contributed by atoms with van der Waals surface area (Å²) < 4.78 is 38.3. The predicted octanol–water partition coefficient (Wildman–Crippen LogP) is 3.12. The maximum Gasteiger partial charge on any atom is 0.335 e. The largest absolute Gasteiger partial charge is 0.478 e. The highest BCUT2D eigenvalue weighted by molar-refractivity contribution is 7.90. The van der Waals surface area contributed by atoms with Crippen molar-refractivity contribution in [3.05, 3.63) is 51.5 Å². The van der Waals surface area contributed by atoms with Gasteiger partial charge in [0.1, 0.15) is 10.7 Å². The van der Waals surface area contributed by atoms with Crippen LogP contribution in [0.2, 0.25) is 0 Å². The van der Waals surface area contributed by atoms with Gasteiger partial charge in [-0.2, -0.15) is 0 Å². The molecule has 0 aliphatic carbocycles. The molecule has 1 N–H and O–H groups in total. The SMILES string of the molecule is CCc1ccc(CS(=O)(=O)c2cc(C(=O)O)ccc2F)s1. The van der Waals surface area contributed by atoms with Gasteiger partial charge in [0.05, 0.1) is 11.3 Å². The first kappa shape index (κ1) is 15.7. The molecule has 1 aromatic heterocycles. The van der Waals surface area contributed by atoms with E-state index in [1.54, 1.807) is 6.07 Å². The second-order valence-corrected chi connectivity index (χ2v) is 7.64. The molecule has 0 atom stereocenters. The molecule has 0 radical (unpaired) electrons. The molecule has 2 aromatic rings. The van der Waals surface area contributed by atoms with E-state index in [9.17, 15) is 17.6 Å². The molecule has 21 heavy (non-hydrogen) atoms. The average molecular weight is 328 g/mol. The molecular formula is C14H13FO4S2. The van der Waals surface area contributed by atoms with Gasteiger partial charge in [0.15, 0.2) is 9.84 Å². The van der Waals surface area contributed by atoms with Gasteiger partial charge in [0.2, 0.25) is 0 Å². The lowest BCUT2D eigenvalue weighted by molar-refractivity contribution is 0.0696. The minimum atomic E-state index is -3.92. The molecule has 0 amide bonds. The molecule has 0 bridgehead atoms. The molecule has 1 aromatic carbocycles. The van der Waals surface area contributed by atoms with E-state index in [0.717, 1.165) is 29.5 Å². The average Bonchev–Trinajstić information content (AvgIpc) is 2.85. The molecule has 0 spiro atoms. The number of carboxylic acids is 1. The van der Waals surface area contributed by atoms with Crippen molar-refractivity contribution in [2.75, 3.05) is 0 Å². The molecule has 1 heterocycles. The van der Waals surface area contributed by atoms with Gasteiger partial charge in [-0.3, -0.25) is 0 Å². The summed E-state index contributed by atoms with van der Waals surface area (Å²) >= 11 is 1.35. The lowest BCUT2D eigenvalue weighted by atomic mass is 10.2. The van der Waals surface area contributed by atoms with Gasteiger partial charge in [-0.15, -0.1) is 11.3 Å². The van der Waals surface area contributed by atoms with Crippen LogP contribution in [-0.4, -0.2) is 19.5 Å². The van der Waals surface area contributed by atoms with Gasteiger partial charge < -0.3 is 5.11 Å². The minimum Gasteiger partial charge on any atom is -0.478 e. The van der Waals surface area contributed by atoms with Crippen LogP contribution in [0, 0.1) is 5.82 Å². The highest BCUT2D eigenvalue weighted by atomic mass is 32.2. The van der Waals surface area contributed by atoms with Crippen LogP contribution in [0.3, 0.4) is 0 Å². The third kappa shape index (κ3) is 3.48. The van der Waals surface area contributed by atoms with E-state index >= 15 is 0 Å². The van der Waals surface area contributed by atoms with Gasteiger partial charge in [-0.1, -0.05) is 6.92 Å². The summed E-state index contributed by atoms with van der Waals surface area (Å²) in [4.78, 5) is 11.9. The van der Waals surface area contributed by atoms with Crippen molar-refractivity contribution >= 4 is 27.1 Å². The topological polar surface area (TPSA) is 71.4 Å². The van der Waals surface area contributed by atoms with Crippen LogP contribution in [-0.2, 0) is 22.0 Å². The number of carboxylic acid groups (broad SMARTS) is 1. The van der Waals surface area contributed by atoms with Crippen molar-refractivity contribution in [2.24, 2.45) is 0 Å². The monoisotopic (exact) mass is 328 g/mol. The summed E-state index contributed by atoms with van der Waals surface area (Å²) in [5.41, 5.74) is -0.254. The Morgan fingerprint density at radius 3 is 2.48 bits per heavy atom. The molecule has 0 aliphatic rings. The summed E-state index contributed by atoms with van der Waals surface area (Å²) in [5.74, 6) is -2.57. The number of hydrogen-bond donors (Lipinski definition) is 1. The Hall–Kier alpha value is -1.73. The minimum absolute atomic E-state index is 0.254. The Kier molecular flexibility index (Phi) is 4.43. The van der Waals surface area contributed by atoms with Crippen LogP contribution in [0.15, 0.2) is 35.2 Å². The number of sulfone groups is 1. The number of benzene rings is 1. The Balaban J connectivity index is 2.39. The molecule has 112 valence electrons. The standard InChI is InChI=1S/C14H13FO4S2/c1-2-10-4-5-11(20-10)8-21(18,19)13-7-9(14(16)17)3-6-12(13)15/h3-7H,2,8H2,1H3,(H,16,17). The van der Waals surface area contributed by atoms with Crippen molar-refractivity contribution < 1.29 is 22.7 Å². The van der Waals surface area contributed by atoms with Gasteiger partial charge in [0, 0.05) is 9.75 Å². The first-order valence-corrected chi connectivity index (χ1v) is 8.63. The second kappa shape index (κ2) is 5.95. The van der Waals surface area contributed by atoms with Gasteiger partial charge in [-0.25, -0.2) is 17.6 Å². The Labute approximate surface area is 125 Å². The van der Waals surface area contributed by atoms with Crippen molar-refractivity contribution in [3.63, 3.8) is 0 Å². The van der Waals surface area contributed by atoms with Gasteiger partial charge in [-0.05, 0) is 36.8 Å². The fourth-order valence-corrected chi connectivity index (χ4v) is 4.58. The summed E-state index contributed by atoms with van der Waals surface area (Å²) in [7, 11) is -3.92. The number of aryl methyl sites for hydroxylation is 1. The summed E-state index contributed by atoms with van der Waals surface area (Å²) in [6.45, 7) is 1.96. The first-order chi connectivity index (χ1) is 9.83. The lowest BCUT2D eigenvalue weighted by Gasteiger charge is -2.05. The highest BCUT2D eigenvalue weighted by Crippen LogP contribution is 2.25. The van der Waals surface area contributed by atoms with E-state index in [1.165, 1.54) is 11.3 Å². The molecule has 4 nitrogen and oxygen atoms in total. The zero-order chi connectivity index (χ0) is 15.6. The zero-order valence-electron chi connectivity index (χ0n) is 11.2. The van der Waals surface area contributed by atoms with Crippen LogP contribution in [0.4, 0.5) is 4.39 Å². The van der Waals surface area contributed by atoms with E-state index in [2.05, 4.69) is 0 Å². The summed E-state index contributed by atoms with van der Waals surface area (Å²) in [5, 5.41) is 8.88. The van der Waals surface area contributed by atoms with E-state index in [-0.39, 0.29) is 11.3 Å². The predicted molar refractivity (Wildman–Crippen MR) is 77.9 cm³/mol. The van der Waals surface area contributed by atoms with E-state index in [0.29, 0.717) is 4.88 Å². The van der Waals surface area contributed by atoms with E-state index < -0.39 is 26.5 Å². The van der Waals surface area contributed by atoms with E-state index in [4.69, 9.17) is 5.11 Å². The maximum absolute atomic E-state index is 13.7. The normalized spacial score (nSPS) is 11.5. The molecule has 2 rings (SSSR count). The zero-order valence-corrected chi connectivity index (χ0v) is 12.8. The molecule has 0 unspecified atom stereocenters. The highest BCUT2D eigenvalue weighted by Gasteiger charge is 2.22. The molecule has 7 heteroatoms. The number of hydrogen-bond acceptors (Lipinski definition) is 4. The van der Waals surface area contributed by atoms with Crippen LogP contribution >= 0.6 is 11.3 Å². The Morgan fingerprint density at radius 2 is 1.90 bits per heavy atom. The first-order valence-electron chi connectivity index (χ1n) is 6.16. The van der Waals surface area contributed by atoms with Gasteiger partial charge in [0.25, 0.3) is 0 Å². The van der Waals surface area contributed by atoms with Crippen molar-refractivity contribution in [3.8, 4) is 0 Å². The number of aromatic carboxylic acids is 1. The number of carbonyl (C=O) groups is 1.